The van der Waals surface area contributed by atoms with E-state index in [9.17, 15) is 18.6 Å². The number of aromatic nitrogens is 3. The lowest BCUT2D eigenvalue weighted by Gasteiger charge is -2.33. The molecule has 3 aromatic rings. The molecule has 11 heteroatoms. The molecule has 1 saturated heterocycles. The first-order chi connectivity index (χ1) is 15.9. The molecule has 1 fully saturated rings. The number of phenolic OH excluding ortho intramolecular Hbond substituents is 1. The number of benzene rings is 1. The summed E-state index contributed by atoms with van der Waals surface area (Å²) in [5.41, 5.74) is 2.59. The van der Waals surface area contributed by atoms with Crippen molar-refractivity contribution in [3.8, 4) is 16.9 Å². The molecule has 1 aliphatic heterocycles. The first kappa shape index (κ1) is 23.1. The number of hydrogen-bond acceptors (Lipinski definition) is 8. The molecule has 2 aromatic heterocycles. The second-order valence-electron chi connectivity index (χ2n) is 7.40. The predicted molar refractivity (Wildman–Crippen MR) is 126 cm³/mol. The first-order valence-electron chi connectivity index (χ1n) is 10.2. The fourth-order valence-electron chi connectivity index (χ4n) is 3.42. The van der Waals surface area contributed by atoms with Crippen LogP contribution in [0.15, 0.2) is 54.3 Å². The van der Waals surface area contributed by atoms with Crippen molar-refractivity contribution < 1.29 is 18.6 Å². The van der Waals surface area contributed by atoms with Gasteiger partial charge in [0.2, 0.25) is 16.0 Å². The molecule has 0 saturated carbocycles. The van der Waals surface area contributed by atoms with Crippen LogP contribution >= 0.6 is 11.6 Å². The normalized spacial score (nSPS) is 15.3. The zero-order chi connectivity index (χ0) is 23.4. The van der Waals surface area contributed by atoms with Gasteiger partial charge in [-0.1, -0.05) is 11.6 Å². The van der Waals surface area contributed by atoms with Gasteiger partial charge in [-0.25, -0.2) is 18.4 Å². The summed E-state index contributed by atoms with van der Waals surface area (Å²) in [4.78, 5) is 14.8. The number of pyridine rings is 1. The topological polar surface area (TPSA) is 120 Å². The molecule has 0 aliphatic carbocycles. The summed E-state index contributed by atoms with van der Waals surface area (Å²) in [5.74, 6) is 0.438. The van der Waals surface area contributed by atoms with E-state index in [1.165, 1.54) is 16.4 Å². The number of nitrogens with zero attached hydrogens (tertiary/aromatic N) is 5. The zero-order valence-electron chi connectivity index (χ0n) is 17.5. The lowest BCUT2D eigenvalue weighted by molar-refractivity contribution is 0.277. The monoisotopic (exact) mass is 487 g/mol. The van der Waals surface area contributed by atoms with Crippen LogP contribution in [0.1, 0.15) is 11.3 Å². The minimum Gasteiger partial charge on any atom is -0.507 e. The Labute approximate surface area is 196 Å². The number of piperazine rings is 1. The molecule has 33 heavy (non-hydrogen) atoms. The Morgan fingerprint density at radius 3 is 2.39 bits per heavy atom. The average molecular weight is 488 g/mol. The molecule has 1 aromatic carbocycles. The average Bonchev–Trinajstić information content (AvgIpc) is 2.84. The molecule has 0 unspecified atom stereocenters. The van der Waals surface area contributed by atoms with Gasteiger partial charge in [0.1, 0.15) is 5.75 Å². The van der Waals surface area contributed by atoms with E-state index in [0.29, 0.717) is 35.3 Å². The van der Waals surface area contributed by atoms with Gasteiger partial charge in [0, 0.05) is 66.3 Å². The summed E-state index contributed by atoms with van der Waals surface area (Å²) in [6.07, 6.45) is 6.38. The van der Waals surface area contributed by atoms with Gasteiger partial charge in [0.15, 0.2) is 0 Å². The molecule has 3 heterocycles. The van der Waals surface area contributed by atoms with Crippen LogP contribution in [0.5, 0.6) is 5.75 Å². The Kier molecular flexibility index (Phi) is 6.89. The van der Waals surface area contributed by atoms with Crippen LogP contribution in [0.2, 0.25) is 5.02 Å². The first-order valence-corrected chi connectivity index (χ1v) is 12.0. The number of phenols is 1. The summed E-state index contributed by atoms with van der Waals surface area (Å²) >= 11 is 5.81. The third-order valence-corrected chi connectivity index (χ3v) is 7.04. The van der Waals surface area contributed by atoms with Crippen LogP contribution in [0.4, 0.5) is 5.95 Å². The maximum absolute atomic E-state index is 12.7. The van der Waals surface area contributed by atoms with Gasteiger partial charge in [-0.05, 0) is 42.0 Å². The summed E-state index contributed by atoms with van der Waals surface area (Å²) in [7, 11) is -3.65. The van der Waals surface area contributed by atoms with E-state index in [2.05, 4.69) is 15.0 Å². The van der Waals surface area contributed by atoms with Crippen molar-refractivity contribution in [3.05, 3.63) is 70.6 Å². The van der Waals surface area contributed by atoms with E-state index in [1.54, 1.807) is 36.8 Å². The number of aliphatic hydroxyl groups is 1. The van der Waals surface area contributed by atoms with Crippen LogP contribution in [-0.2, 0) is 16.6 Å². The van der Waals surface area contributed by atoms with Crippen molar-refractivity contribution >= 4 is 33.6 Å². The Bertz CT molecular complexity index is 1260. The molecule has 4 rings (SSSR count). The number of aromatic hydroxyl groups is 1. The third-order valence-electron chi connectivity index (χ3n) is 5.24. The molecule has 0 amide bonds. The highest BCUT2D eigenvalue weighted by Crippen LogP contribution is 2.24. The van der Waals surface area contributed by atoms with Crippen LogP contribution in [0.3, 0.4) is 0 Å². The van der Waals surface area contributed by atoms with E-state index in [4.69, 9.17) is 11.6 Å². The molecule has 0 radical (unpaired) electrons. The van der Waals surface area contributed by atoms with E-state index in [-0.39, 0.29) is 25.4 Å². The van der Waals surface area contributed by atoms with Crippen molar-refractivity contribution in [3.63, 3.8) is 0 Å². The predicted octanol–water partition coefficient (Wildman–Crippen LogP) is 2.51. The third kappa shape index (κ3) is 5.48. The fraction of sp³-hybridized carbons (Fsp3) is 0.227. The number of sulfonamides is 1. The quantitative estimate of drug-likeness (QED) is 0.544. The van der Waals surface area contributed by atoms with Gasteiger partial charge in [0.05, 0.1) is 12.3 Å². The zero-order valence-corrected chi connectivity index (χ0v) is 19.1. The van der Waals surface area contributed by atoms with Crippen molar-refractivity contribution in [2.45, 2.75) is 6.61 Å². The van der Waals surface area contributed by atoms with E-state index in [1.807, 2.05) is 11.0 Å². The fourth-order valence-corrected chi connectivity index (χ4v) is 4.75. The minimum absolute atomic E-state index is 0.0845. The standard InChI is InChI=1S/C22H22ClN5O4S/c23-19-2-1-16(21(30)12-19)4-10-33(31,32)28-8-6-27(7-9-28)22-25-13-18(14-26-22)17-3-5-24-20(11-17)15-29/h1-5,10-14,29-30H,6-9,15H2/b10-4+. The van der Waals surface area contributed by atoms with E-state index in [0.717, 1.165) is 16.5 Å². The summed E-state index contributed by atoms with van der Waals surface area (Å²) in [6.45, 7) is 1.32. The highest BCUT2D eigenvalue weighted by molar-refractivity contribution is 7.92. The Balaban J connectivity index is 1.39. The van der Waals surface area contributed by atoms with Crippen LogP contribution in [0.25, 0.3) is 17.2 Å². The van der Waals surface area contributed by atoms with Crippen LogP contribution in [-0.4, -0.2) is 64.1 Å². The lowest BCUT2D eigenvalue weighted by atomic mass is 10.1. The van der Waals surface area contributed by atoms with Gasteiger partial charge in [0.25, 0.3) is 0 Å². The number of aliphatic hydroxyl groups excluding tert-OH is 1. The molecule has 9 nitrogen and oxygen atoms in total. The molecule has 172 valence electrons. The van der Waals surface area contributed by atoms with Gasteiger partial charge in [-0.3, -0.25) is 4.98 Å². The number of hydrogen-bond donors (Lipinski definition) is 2. The highest BCUT2D eigenvalue weighted by Gasteiger charge is 2.26. The molecule has 0 atom stereocenters. The number of anilines is 1. The largest absolute Gasteiger partial charge is 0.507 e. The second-order valence-corrected chi connectivity index (χ2v) is 9.66. The lowest BCUT2D eigenvalue weighted by Crippen LogP contribution is -2.48. The summed E-state index contributed by atoms with van der Waals surface area (Å²) in [5, 5.41) is 20.6. The maximum Gasteiger partial charge on any atom is 0.236 e. The summed E-state index contributed by atoms with van der Waals surface area (Å²) in [6, 6.07) is 8.09. The van der Waals surface area contributed by atoms with Crippen molar-refractivity contribution in [2.75, 3.05) is 31.1 Å². The molecular weight excluding hydrogens is 466 g/mol. The molecule has 0 bridgehead atoms. The van der Waals surface area contributed by atoms with Gasteiger partial charge >= 0.3 is 0 Å². The van der Waals surface area contributed by atoms with Gasteiger partial charge in [-0.15, -0.1) is 0 Å². The second kappa shape index (κ2) is 9.84. The van der Waals surface area contributed by atoms with Crippen LogP contribution < -0.4 is 4.90 Å². The van der Waals surface area contributed by atoms with Crippen molar-refractivity contribution in [2.24, 2.45) is 0 Å². The minimum atomic E-state index is -3.65. The Morgan fingerprint density at radius 1 is 1.00 bits per heavy atom. The van der Waals surface area contributed by atoms with E-state index >= 15 is 0 Å². The molecular formula is C22H22ClN5O4S. The Morgan fingerprint density at radius 2 is 1.73 bits per heavy atom. The highest BCUT2D eigenvalue weighted by atomic mass is 35.5. The molecule has 1 aliphatic rings. The van der Waals surface area contributed by atoms with E-state index < -0.39 is 10.0 Å². The van der Waals surface area contributed by atoms with Crippen LogP contribution in [0, 0.1) is 0 Å². The van der Waals surface area contributed by atoms with Gasteiger partial charge in [-0.2, -0.15) is 4.31 Å². The molecule has 0 spiro atoms. The SMILES string of the molecule is O=S(=O)(/C=C/c1ccc(Cl)cc1O)N1CCN(c2ncc(-c3ccnc(CO)c3)cn2)CC1. The Hall–Kier alpha value is -3.05. The maximum atomic E-state index is 12.7. The number of halogens is 1. The number of rotatable bonds is 6. The smallest absolute Gasteiger partial charge is 0.236 e. The van der Waals surface area contributed by atoms with Crippen molar-refractivity contribution in [1.82, 2.24) is 19.3 Å². The summed E-state index contributed by atoms with van der Waals surface area (Å²) < 4.78 is 26.8. The van der Waals surface area contributed by atoms with Crippen molar-refractivity contribution in [1.29, 1.82) is 0 Å². The van der Waals surface area contributed by atoms with Gasteiger partial charge < -0.3 is 15.1 Å². The molecule has 2 N–H and O–H groups in total.